The smallest absolute Gasteiger partial charge is 0.268 e. The van der Waals surface area contributed by atoms with E-state index in [0.717, 1.165) is 31.6 Å². The van der Waals surface area contributed by atoms with Crippen LogP contribution >= 0.6 is 0 Å². The molecule has 1 N–H and O–H groups in total. The molecule has 1 unspecified atom stereocenters. The van der Waals surface area contributed by atoms with E-state index in [0.29, 0.717) is 12.6 Å². The Morgan fingerprint density at radius 1 is 1.42 bits per heavy atom. The third kappa shape index (κ3) is 3.80. The third-order valence-electron chi connectivity index (χ3n) is 3.83. The Labute approximate surface area is 114 Å². The summed E-state index contributed by atoms with van der Waals surface area (Å²) in [5.74, 6) is 0. The molecule has 2 rings (SSSR count). The number of hydrogen-bond acceptors (Lipinski definition) is 4. The average Bonchev–Trinajstić information content (AvgIpc) is 2.94. The lowest BCUT2D eigenvalue weighted by Gasteiger charge is -2.17. The molecule has 2 heterocycles. The molecule has 1 aliphatic heterocycles. The van der Waals surface area contributed by atoms with Crippen molar-refractivity contribution in [3.8, 4) is 0 Å². The van der Waals surface area contributed by atoms with Crippen LogP contribution in [0.2, 0.25) is 0 Å². The van der Waals surface area contributed by atoms with Crippen molar-refractivity contribution in [1.29, 1.82) is 0 Å². The van der Waals surface area contributed by atoms with Crippen LogP contribution in [0, 0.1) is 0 Å². The molecule has 0 spiro atoms. The molecule has 0 bridgehead atoms. The fourth-order valence-electron chi connectivity index (χ4n) is 2.43. The molecule has 1 fully saturated rings. The van der Waals surface area contributed by atoms with Gasteiger partial charge >= 0.3 is 0 Å². The van der Waals surface area contributed by atoms with Gasteiger partial charge in [-0.25, -0.2) is 4.68 Å². The minimum absolute atomic E-state index is 0.0153. The molecular formula is C14H24N4O. The summed E-state index contributed by atoms with van der Waals surface area (Å²) < 4.78 is 1.57. The molecule has 0 amide bonds. The van der Waals surface area contributed by atoms with E-state index in [1.54, 1.807) is 10.7 Å². The summed E-state index contributed by atoms with van der Waals surface area (Å²) in [7, 11) is 1.96. The first-order valence-electron chi connectivity index (χ1n) is 7.20. The highest BCUT2D eigenvalue weighted by Gasteiger charge is 2.13. The number of anilines is 1. The quantitative estimate of drug-likeness (QED) is 0.839. The summed E-state index contributed by atoms with van der Waals surface area (Å²) >= 11 is 0. The van der Waals surface area contributed by atoms with Crippen LogP contribution in [0.1, 0.15) is 32.6 Å². The summed E-state index contributed by atoms with van der Waals surface area (Å²) in [5, 5.41) is 7.49. The molecule has 5 heteroatoms. The zero-order valence-electron chi connectivity index (χ0n) is 11.9. The van der Waals surface area contributed by atoms with Crippen LogP contribution in [0.25, 0.3) is 0 Å². The number of hydrogen-bond donors (Lipinski definition) is 1. The van der Waals surface area contributed by atoms with Crippen LogP contribution in [-0.2, 0) is 6.54 Å². The lowest BCUT2D eigenvalue weighted by Crippen LogP contribution is -2.27. The van der Waals surface area contributed by atoms with E-state index < -0.39 is 0 Å². The molecule has 1 atom stereocenters. The molecule has 1 aromatic heterocycles. The van der Waals surface area contributed by atoms with Crippen LogP contribution in [-0.4, -0.2) is 36.0 Å². The summed E-state index contributed by atoms with van der Waals surface area (Å²) in [5.41, 5.74) is 0.990. The molecule has 0 aliphatic carbocycles. The van der Waals surface area contributed by atoms with Crippen LogP contribution in [0.4, 0.5) is 5.69 Å². The lowest BCUT2D eigenvalue weighted by molar-refractivity contribution is 0.476. The predicted molar refractivity (Wildman–Crippen MR) is 77.7 cm³/mol. The van der Waals surface area contributed by atoms with Crippen LogP contribution in [0.5, 0.6) is 0 Å². The molecule has 1 aromatic rings. The van der Waals surface area contributed by atoms with E-state index in [4.69, 9.17) is 0 Å². The van der Waals surface area contributed by atoms with E-state index in [1.807, 2.05) is 13.2 Å². The summed E-state index contributed by atoms with van der Waals surface area (Å²) in [4.78, 5) is 14.2. The Morgan fingerprint density at radius 3 is 2.79 bits per heavy atom. The van der Waals surface area contributed by atoms with Gasteiger partial charge < -0.3 is 10.2 Å². The Balaban J connectivity index is 1.93. The van der Waals surface area contributed by atoms with Gasteiger partial charge in [-0.2, -0.15) is 5.10 Å². The second-order valence-electron chi connectivity index (χ2n) is 5.30. The summed E-state index contributed by atoms with van der Waals surface area (Å²) in [6.07, 6.45) is 6.28. The van der Waals surface area contributed by atoms with Gasteiger partial charge in [0.15, 0.2) is 0 Å². The first kappa shape index (κ1) is 14.1. The molecule has 106 valence electrons. The van der Waals surface area contributed by atoms with Crippen LogP contribution < -0.4 is 15.8 Å². The largest absolute Gasteiger partial charge is 0.370 e. The predicted octanol–water partition coefficient (Wildman–Crippen LogP) is 1.23. The van der Waals surface area contributed by atoms with E-state index in [2.05, 4.69) is 22.2 Å². The Morgan fingerprint density at radius 2 is 2.16 bits per heavy atom. The van der Waals surface area contributed by atoms with Gasteiger partial charge in [0, 0.05) is 31.7 Å². The first-order chi connectivity index (χ1) is 9.20. The van der Waals surface area contributed by atoms with Gasteiger partial charge in [0.25, 0.3) is 5.56 Å². The van der Waals surface area contributed by atoms with Gasteiger partial charge in [0.2, 0.25) is 0 Å². The number of aromatic nitrogens is 2. The third-order valence-corrected chi connectivity index (χ3v) is 3.83. The van der Waals surface area contributed by atoms with E-state index in [9.17, 15) is 4.79 Å². The molecule has 0 radical (unpaired) electrons. The second-order valence-corrected chi connectivity index (χ2v) is 5.30. The van der Waals surface area contributed by atoms with E-state index in [1.165, 1.54) is 12.8 Å². The van der Waals surface area contributed by atoms with Gasteiger partial charge in [0.05, 0.1) is 11.9 Å². The lowest BCUT2D eigenvalue weighted by atomic mass is 10.2. The van der Waals surface area contributed by atoms with Crippen molar-refractivity contribution in [3.05, 3.63) is 22.6 Å². The van der Waals surface area contributed by atoms with Gasteiger partial charge in [0.1, 0.15) is 0 Å². The number of rotatable bonds is 6. The van der Waals surface area contributed by atoms with E-state index in [-0.39, 0.29) is 5.56 Å². The zero-order chi connectivity index (χ0) is 13.7. The SMILES string of the molecule is CNC(C)CCCn1ncc(N2CCCC2)cc1=O. The Kier molecular flexibility index (Phi) is 4.96. The molecule has 5 nitrogen and oxygen atoms in total. The monoisotopic (exact) mass is 264 g/mol. The normalized spacial score (nSPS) is 16.8. The maximum Gasteiger partial charge on any atom is 0.268 e. The minimum atomic E-state index is 0.0153. The van der Waals surface area contributed by atoms with Crippen LogP contribution in [0.3, 0.4) is 0 Å². The van der Waals surface area contributed by atoms with Gasteiger partial charge in [-0.05, 0) is 39.7 Å². The number of aryl methyl sites for hydroxylation is 1. The standard InChI is InChI=1S/C14H24N4O/c1-12(15-2)6-5-9-18-14(19)10-13(11-16-18)17-7-3-4-8-17/h10-12,15H,3-9H2,1-2H3. The van der Waals surface area contributed by atoms with Crippen molar-refractivity contribution in [2.45, 2.75) is 45.2 Å². The van der Waals surface area contributed by atoms with Crippen molar-refractivity contribution in [1.82, 2.24) is 15.1 Å². The van der Waals surface area contributed by atoms with Crippen molar-refractivity contribution in [2.24, 2.45) is 0 Å². The van der Waals surface area contributed by atoms with Crippen molar-refractivity contribution >= 4 is 5.69 Å². The number of nitrogens with one attached hydrogen (secondary N) is 1. The molecule has 0 aromatic carbocycles. The molecular weight excluding hydrogens is 240 g/mol. The Hall–Kier alpha value is -1.36. The highest BCUT2D eigenvalue weighted by Crippen LogP contribution is 2.16. The summed E-state index contributed by atoms with van der Waals surface area (Å²) in [6.45, 7) is 4.94. The van der Waals surface area contributed by atoms with Gasteiger partial charge in [-0.3, -0.25) is 4.79 Å². The molecule has 19 heavy (non-hydrogen) atoms. The average molecular weight is 264 g/mol. The zero-order valence-corrected chi connectivity index (χ0v) is 11.9. The Bertz CT molecular complexity index is 451. The molecule has 1 saturated heterocycles. The first-order valence-corrected chi connectivity index (χ1v) is 7.20. The fraction of sp³-hybridized carbons (Fsp3) is 0.714. The minimum Gasteiger partial charge on any atom is -0.370 e. The van der Waals surface area contributed by atoms with Gasteiger partial charge in [-0.15, -0.1) is 0 Å². The molecule has 0 saturated carbocycles. The number of nitrogens with zero attached hydrogens (tertiary/aromatic N) is 3. The maximum atomic E-state index is 12.0. The maximum absolute atomic E-state index is 12.0. The van der Waals surface area contributed by atoms with E-state index >= 15 is 0 Å². The fourth-order valence-corrected chi connectivity index (χ4v) is 2.43. The van der Waals surface area contributed by atoms with Crippen molar-refractivity contribution in [3.63, 3.8) is 0 Å². The van der Waals surface area contributed by atoms with Crippen molar-refractivity contribution in [2.75, 3.05) is 25.0 Å². The highest BCUT2D eigenvalue weighted by molar-refractivity contribution is 5.43. The second kappa shape index (κ2) is 6.70. The highest BCUT2D eigenvalue weighted by atomic mass is 16.1. The van der Waals surface area contributed by atoms with Crippen LogP contribution in [0.15, 0.2) is 17.1 Å². The topological polar surface area (TPSA) is 50.2 Å². The van der Waals surface area contributed by atoms with Gasteiger partial charge in [-0.1, -0.05) is 0 Å². The summed E-state index contributed by atoms with van der Waals surface area (Å²) in [6, 6.07) is 2.21. The molecule has 1 aliphatic rings. The van der Waals surface area contributed by atoms with Crippen molar-refractivity contribution < 1.29 is 0 Å².